The monoisotopic (exact) mass is 367 g/mol. The van der Waals surface area contributed by atoms with Crippen molar-refractivity contribution in [2.24, 2.45) is 0 Å². The van der Waals surface area contributed by atoms with E-state index in [1.54, 1.807) is 0 Å². The Bertz CT molecular complexity index is 778. The Morgan fingerprint density at radius 1 is 1.15 bits per heavy atom. The summed E-state index contributed by atoms with van der Waals surface area (Å²) in [5.41, 5.74) is 1.90. The summed E-state index contributed by atoms with van der Waals surface area (Å²) < 4.78 is 2.17. The molecular formula is C21H29N5O. The first-order valence-electron chi connectivity index (χ1n) is 9.98. The van der Waals surface area contributed by atoms with Gasteiger partial charge in [0.2, 0.25) is 0 Å². The molecule has 1 aliphatic heterocycles. The quantitative estimate of drug-likeness (QED) is 0.880. The predicted molar refractivity (Wildman–Crippen MR) is 108 cm³/mol. The highest BCUT2D eigenvalue weighted by atomic mass is 16.2. The van der Waals surface area contributed by atoms with Crippen LogP contribution in [-0.4, -0.2) is 53.6 Å². The number of rotatable bonds is 5. The summed E-state index contributed by atoms with van der Waals surface area (Å²) >= 11 is 0. The number of anilines is 2. The molecule has 3 heterocycles. The van der Waals surface area contributed by atoms with Gasteiger partial charge in [0.15, 0.2) is 0 Å². The van der Waals surface area contributed by atoms with Gasteiger partial charge in [-0.15, -0.1) is 0 Å². The lowest BCUT2D eigenvalue weighted by Gasteiger charge is -2.22. The molecule has 0 spiro atoms. The molecule has 0 aromatic carbocycles. The number of likely N-dealkylation sites (tertiary alicyclic amines) is 1. The number of nitrogens with one attached hydrogen (secondary N) is 1. The van der Waals surface area contributed by atoms with Crippen molar-refractivity contribution in [2.45, 2.75) is 44.2 Å². The van der Waals surface area contributed by atoms with Crippen molar-refractivity contribution >= 4 is 17.4 Å². The minimum Gasteiger partial charge on any atom is -0.381 e. The Morgan fingerprint density at radius 2 is 2.00 bits per heavy atom. The maximum Gasteiger partial charge on any atom is 0.270 e. The molecule has 0 radical (unpaired) electrons. The standard InChI is InChI=1S/C21H29N5O/c1-24(2)20-10-7-17(15-22-20)23-16-5-3-12-25(14-11-16)21(27)19-6-4-13-26(19)18-8-9-18/h4,6-7,10,13,15-16,18,23H,3,5,8-9,11-12,14H2,1-2H3. The highest BCUT2D eigenvalue weighted by Gasteiger charge is 2.29. The molecule has 0 bridgehead atoms. The number of aromatic nitrogens is 2. The molecule has 2 fully saturated rings. The van der Waals surface area contributed by atoms with E-state index in [0.29, 0.717) is 12.1 Å². The van der Waals surface area contributed by atoms with Crippen molar-refractivity contribution in [3.8, 4) is 0 Å². The van der Waals surface area contributed by atoms with Crippen molar-refractivity contribution in [3.05, 3.63) is 42.4 Å². The third-order valence-corrected chi connectivity index (χ3v) is 5.53. The molecule has 1 N–H and O–H groups in total. The van der Waals surface area contributed by atoms with E-state index in [4.69, 9.17) is 0 Å². The normalized spacial score (nSPS) is 20.2. The van der Waals surface area contributed by atoms with Gasteiger partial charge in [0.05, 0.1) is 11.9 Å². The first-order chi connectivity index (χ1) is 13.1. The maximum atomic E-state index is 13.0. The molecule has 1 saturated carbocycles. The molecule has 1 saturated heterocycles. The number of carbonyl (C=O) groups is 1. The smallest absolute Gasteiger partial charge is 0.270 e. The van der Waals surface area contributed by atoms with Gasteiger partial charge in [-0.3, -0.25) is 4.79 Å². The molecule has 6 heteroatoms. The second kappa shape index (κ2) is 7.62. The summed E-state index contributed by atoms with van der Waals surface area (Å²) in [6.45, 7) is 1.64. The number of nitrogens with zero attached hydrogens (tertiary/aromatic N) is 4. The molecule has 2 aromatic heterocycles. The van der Waals surface area contributed by atoms with Gasteiger partial charge in [0.1, 0.15) is 11.5 Å². The zero-order valence-corrected chi connectivity index (χ0v) is 16.3. The number of carbonyl (C=O) groups excluding carboxylic acids is 1. The molecule has 1 aliphatic carbocycles. The summed E-state index contributed by atoms with van der Waals surface area (Å²) in [5, 5.41) is 3.60. The first-order valence-corrected chi connectivity index (χ1v) is 9.98. The van der Waals surface area contributed by atoms with Crippen molar-refractivity contribution in [1.29, 1.82) is 0 Å². The van der Waals surface area contributed by atoms with Gasteiger partial charge in [-0.25, -0.2) is 4.98 Å². The van der Waals surface area contributed by atoms with Crippen LogP contribution in [0.3, 0.4) is 0 Å². The summed E-state index contributed by atoms with van der Waals surface area (Å²) in [4.78, 5) is 21.5. The maximum absolute atomic E-state index is 13.0. The number of amides is 1. The van der Waals surface area contributed by atoms with Crippen LogP contribution in [0.4, 0.5) is 11.5 Å². The van der Waals surface area contributed by atoms with Crippen molar-refractivity contribution < 1.29 is 4.79 Å². The van der Waals surface area contributed by atoms with E-state index in [9.17, 15) is 4.79 Å². The predicted octanol–water partition coefficient (Wildman–Crippen LogP) is 3.39. The lowest BCUT2D eigenvalue weighted by molar-refractivity contribution is 0.0750. The highest BCUT2D eigenvalue weighted by Crippen LogP contribution is 2.36. The molecule has 2 aliphatic rings. The molecule has 2 aromatic rings. The molecule has 4 rings (SSSR count). The van der Waals surface area contributed by atoms with Gasteiger partial charge < -0.3 is 19.7 Å². The lowest BCUT2D eigenvalue weighted by Crippen LogP contribution is -2.34. The summed E-state index contributed by atoms with van der Waals surface area (Å²) in [6, 6.07) is 9.00. The van der Waals surface area contributed by atoms with E-state index in [1.165, 1.54) is 12.8 Å². The third kappa shape index (κ3) is 4.10. The summed E-state index contributed by atoms with van der Waals surface area (Å²) in [6.07, 6.45) is 9.40. The lowest BCUT2D eigenvalue weighted by atomic mass is 10.1. The first kappa shape index (κ1) is 17.9. The Hall–Kier alpha value is -2.50. The van der Waals surface area contributed by atoms with Gasteiger partial charge in [-0.2, -0.15) is 0 Å². The minimum absolute atomic E-state index is 0.185. The van der Waals surface area contributed by atoms with Crippen LogP contribution >= 0.6 is 0 Å². The Balaban J connectivity index is 1.36. The second-order valence-electron chi connectivity index (χ2n) is 7.90. The summed E-state index contributed by atoms with van der Waals surface area (Å²) in [7, 11) is 3.98. The van der Waals surface area contributed by atoms with Crippen LogP contribution in [-0.2, 0) is 0 Å². The highest BCUT2D eigenvalue weighted by molar-refractivity contribution is 5.93. The zero-order valence-electron chi connectivity index (χ0n) is 16.3. The number of pyridine rings is 1. The van der Waals surface area contributed by atoms with E-state index < -0.39 is 0 Å². The van der Waals surface area contributed by atoms with Crippen LogP contribution in [0.15, 0.2) is 36.7 Å². The minimum atomic E-state index is 0.185. The van der Waals surface area contributed by atoms with Crippen LogP contribution < -0.4 is 10.2 Å². The van der Waals surface area contributed by atoms with Crippen LogP contribution in [0.2, 0.25) is 0 Å². The molecule has 1 unspecified atom stereocenters. The number of hydrogen-bond acceptors (Lipinski definition) is 4. The fourth-order valence-corrected chi connectivity index (χ4v) is 3.82. The van der Waals surface area contributed by atoms with E-state index in [0.717, 1.165) is 49.6 Å². The average molecular weight is 367 g/mol. The molecule has 1 atom stereocenters. The molecule has 144 valence electrons. The zero-order chi connectivity index (χ0) is 18.8. The third-order valence-electron chi connectivity index (χ3n) is 5.53. The Labute approximate surface area is 161 Å². The van der Waals surface area contributed by atoms with E-state index in [2.05, 4.69) is 27.1 Å². The SMILES string of the molecule is CN(C)c1ccc(NC2CCCN(C(=O)c3cccn3C3CC3)CC2)cn1. The topological polar surface area (TPSA) is 53.4 Å². The fraction of sp³-hybridized carbons (Fsp3) is 0.524. The molecular weight excluding hydrogens is 338 g/mol. The molecule has 1 amide bonds. The fourth-order valence-electron chi connectivity index (χ4n) is 3.82. The summed E-state index contributed by atoms with van der Waals surface area (Å²) in [5.74, 6) is 1.14. The van der Waals surface area contributed by atoms with Crippen molar-refractivity contribution in [1.82, 2.24) is 14.5 Å². The Morgan fingerprint density at radius 3 is 2.70 bits per heavy atom. The van der Waals surface area contributed by atoms with Crippen LogP contribution in [0.5, 0.6) is 0 Å². The van der Waals surface area contributed by atoms with Crippen molar-refractivity contribution in [2.75, 3.05) is 37.4 Å². The van der Waals surface area contributed by atoms with Crippen LogP contribution in [0.25, 0.3) is 0 Å². The largest absolute Gasteiger partial charge is 0.381 e. The molecule has 27 heavy (non-hydrogen) atoms. The van der Waals surface area contributed by atoms with Gasteiger partial charge in [0, 0.05) is 45.5 Å². The van der Waals surface area contributed by atoms with Gasteiger partial charge >= 0.3 is 0 Å². The van der Waals surface area contributed by atoms with Crippen LogP contribution in [0.1, 0.15) is 48.6 Å². The van der Waals surface area contributed by atoms with Gasteiger partial charge in [0.25, 0.3) is 5.91 Å². The van der Waals surface area contributed by atoms with E-state index in [1.807, 2.05) is 48.3 Å². The van der Waals surface area contributed by atoms with Crippen LogP contribution in [0, 0.1) is 0 Å². The van der Waals surface area contributed by atoms with E-state index >= 15 is 0 Å². The molecule has 6 nitrogen and oxygen atoms in total. The van der Waals surface area contributed by atoms with Gasteiger partial charge in [-0.05, 0) is 56.4 Å². The second-order valence-corrected chi connectivity index (χ2v) is 7.90. The number of hydrogen-bond donors (Lipinski definition) is 1. The Kier molecular flexibility index (Phi) is 5.05. The van der Waals surface area contributed by atoms with Crippen molar-refractivity contribution in [3.63, 3.8) is 0 Å². The van der Waals surface area contributed by atoms with E-state index in [-0.39, 0.29) is 5.91 Å². The van der Waals surface area contributed by atoms with Gasteiger partial charge in [-0.1, -0.05) is 0 Å². The average Bonchev–Trinajstić information content (AvgIpc) is 3.44.